The summed E-state index contributed by atoms with van der Waals surface area (Å²) in [6.45, 7) is 4.64. The third-order valence-electron chi connectivity index (χ3n) is 5.08. The molecule has 1 aliphatic rings. The van der Waals surface area contributed by atoms with E-state index in [2.05, 4.69) is 20.2 Å². The molecule has 2 heterocycles. The predicted octanol–water partition coefficient (Wildman–Crippen LogP) is 2.96. The number of nitrogens with two attached hydrogens (primary N) is 1. The van der Waals surface area contributed by atoms with Gasteiger partial charge in [-0.25, -0.2) is 8.51 Å². The zero-order valence-corrected chi connectivity index (χ0v) is 18.4. The molecule has 2 aromatic carbocycles. The van der Waals surface area contributed by atoms with E-state index in [1.165, 1.54) is 5.56 Å². The molecule has 1 fully saturated rings. The van der Waals surface area contributed by atoms with Crippen LogP contribution in [0.4, 0.5) is 23.3 Å². The highest BCUT2D eigenvalue weighted by Crippen LogP contribution is 2.22. The largest absolute Gasteiger partial charge is 0.497 e. The van der Waals surface area contributed by atoms with Crippen LogP contribution >= 0.6 is 0 Å². The average molecular weight is 439 g/mol. The van der Waals surface area contributed by atoms with Crippen molar-refractivity contribution in [2.75, 3.05) is 49.2 Å². The molecule has 1 saturated heterocycles. The first-order valence-electron chi connectivity index (χ1n) is 10.1. The number of aryl methyl sites for hydroxylation is 1. The standard InChI is InChI=1S/C22H26N6O2S/c1-16-3-5-17(6-4-16)24-21-15-20(23)25-22(26-21)27-11-13-28(14-12-27)31(29)19-9-7-18(30-2)8-10-19/h3-10,15H,11-14H2,1-2H3,(H3,23,24,25,26). The van der Waals surface area contributed by atoms with Crippen LogP contribution < -0.4 is 20.7 Å². The number of nitrogens with one attached hydrogen (secondary N) is 1. The maximum Gasteiger partial charge on any atom is 0.229 e. The first kappa shape index (κ1) is 21.1. The molecule has 1 aromatic heterocycles. The van der Waals surface area contributed by atoms with Crippen molar-refractivity contribution in [3.05, 3.63) is 60.2 Å². The molecule has 0 amide bonds. The number of piperazine rings is 1. The number of aromatic nitrogens is 2. The Morgan fingerprint density at radius 2 is 1.68 bits per heavy atom. The van der Waals surface area contributed by atoms with Gasteiger partial charge in [0, 0.05) is 37.9 Å². The maximum atomic E-state index is 12.9. The molecule has 8 nitrogen and oxygen atoms in total. The van der Waals surface area contributed by atoms with Gasteiger partial charge in [-0.15, -0.1) is 0 Å². The van der Waals surface area contributed by atoms with E-state index in [1.807, 2.05) is 59.8 Å². The third-order valence-corrected chi connectivity index (χ3v) is 6.58. The van der Waals surface area contributed by atoms with Crippen LogP contribution in [0.15, 0.2) is 59.5 Å². The molecular weight excluding hydrogens is 412 g/mol. The lowest BCUT2D eigenvalue weighted by Gasteiger charge is -2.33. The fourth-order valence-electron chi connectivity index (χ4n) is 3.34. The van der Waals surface area contributed by atoms with Crippen molar-refractivity contribution in [3.63, 3.8) is 0 Å². The van der Waals surface area contributed by atoms with E-state index in [9.17, 15) is 4.21 Å². The average Bonchev–Trinajstić information content (AvgIpc) is 2.80. The molecule has 1 aliphatic heterocycles. The SMILES string of the molecule is COc1ccc(S(=O)N2CCN(c3nc(N)cc(Nc4ccc(C)cc4)n3)CC2)cc1. The Balaban J connectivity index is 1.41. The van der Waals surface area contributed by atoms with Crippen molar-refractivity contribution in [1.29, 1.82) is 0 Å². The van der Waals surface area contributed by atoms with Gasteiger partial charge in [-0.05, 0) is 43.3 Å². The Kier molecular flexibility index (Phi) is 6.34. The van der Waals surface area contributed by atoms with Crippen LogP contribution in [0.2, 0.25) is 0 Å². The lowest BCUT2D eigenvalue weighted by Crippen LogP contribution is -2.47. The molecule has 3 aromatic rings. The topological polar surface area (TPSA) is 96.6 Å². The lowest BCUT2D eigenvalue weighted by atomic mass is 10.2. The van der Waals surface area contributed by atoms with Crippen molar-refractivity contribution in [1.82, 2.24) is 14.3 Å². The van der Waals surface area contributed by atoms with E-state index in [-0.39, 0.29) is 0 Å². The van der Waals surface area contributed by atoms with Crippen LogP contribution in [-0.4, -0.2) is 51.8 Å². The molecule has 0 saturated carbocycles. The number of methoxy groups -OCH3 is 1. The minimum Gasteiger partial charge on any atom is -0.497 e. The molecule has 4 rings (SSSR count). The molecular formula is C22H26N6O2S. The Morgan fingerprint density at radius 3 is 2.32 bits per heavy atom. The van der Waals surface area contributed by atoms with Gasteiger partial charge in [0.2, 0.25) is 5.95 Å². The summed E-state index contributed by atoms with van der Waals surface area (Å²) in [6.07, 6.45) is 0. The fourth-order valence-corrected chi connectivity index (χ4v) is 4.50. The van der Waals surface area contributed by atoms with E-state index in [4.69, 9.17) is 10.5 Å². The van der Waals surface area contributed by atoms with Gasteiger partial charge in [0.1, 0.15) is 28.4 Å². The van der Waals surface area contributed by atoms with Gasteiger partial charge in [0.15, 0.2) is 0 Å². The highest BCUT2D eigenvalue weighted by Gasteiger charge is 2.24. The molecule has 9 heteroatoms. The van der Waals surface area contributed by atoms with Gasteiger partial charge in [-0.2, -0.15) is 9.97 Å². The first-order chi connectivity index (χ1) is 15.0. The van der Waals surface area contributed by atoms with Crippen LogP contribution in [-0.2, 0) is 11.0 Å². The van der Waals surface area contributed by atoms with Crippen LogP contribution in [0.25, 0.3) is 0 Å². The highest BCUT2D eigenvalue weighted by atomic mass is 32.2. The summed E-state index contributed by atoms with van der Waals surface area (Å²) >= 11 is 0. The molecule has 0 aliphatic carbocycles. The second-order valence-corrected chi connectivity index (χ2v) is 8.80. The molecule has 0 bridgehead atoms. The molecule has 1 atom stereocenters. The lowest BCUT2D eigenvalue weighted by molar-refractivity contribution is 0.406. The molecule has 0 radical (unpaired) electrons. The van der Waals surface area contributed by atoms with Gasteiger partial charge < -0.3 is 20.7 Å². The Hall–Kier alpha value is -3.17. The van der Waals surface area contributed by atoms with Crippen molar-refractivity contribution in [2.24, 2.45) is 0 Å². The monoisotopic (exact) mass is 438 g/mol. The van der Waals surface area contributed by atoms with Crippen LogP contribution in [0.3, 0.4) is 0 Å². The Bertz CT molecular complexity index is 1050. The van der Waals surface area contributed by atoms with Crippen molar-refractivity contribution in [2.45, 2.75) is 11.8 Å². The summed E-state index contributed by atoms with van der Waals surface area (Å²) in [5, 5.41) is 3.28. The van der Waals surface area contributed by atoms with Gasteiger partial charge in [0.25, 0.3) is 0 Å². The van der Waals surface area contributed by atoms with Gasteiger partial charge in [-0.1, -0.05) is 17.7 Å². The number of nitrogen functional groups attached to an aromatic ring is 1. The normalized spacial score (nSPS) is 15.5. The Morgan fingerprint density at radius 1 is 1.00 bits per heavy atom. The van der Waals surface area contributed by atoms with E-state index in [0.29, 0.717) is 43.8 Å². The van der Waals surface area contributed by atoms with Crippen LogP contribution in [0.5, 0.6) is 5.75 Å². The summed E-state index contributed by atoms with van der Waals surface area (Å²) in [4.78, 5) is 11.9. The van der Waals surface area contributed by atoms with Crippen LogP contribution in [0, 0.1) is 6.92 Å². The van der Waals surface area contributed by atoms with Crippen molar-refractivity contribution < 1.29 is 8.95 Å². The van der Waals surface area contributed by atoms with Gasteiger partial charge in [0.05, 0.1) is 12.0 Å². The van der Waals surface area contributed by atoms with Crippen molar-refractivity contribution >= 4 is 34.3 Å². The number of rotatable bonds is 6. The van der Waals surface area contributed by atoms with Gasteiger partial charge in [-0.3, -0.25) is 0 Å². The summed E-state index contributed by atoms with van der Waals surface area (Å²) < 4.78 is 20.0. The second-order valence-electron chi connectivity index (χ2n) is 7.31. The zero-order chi connectivity index (χ0) is 21.8. The smallest absolute Gasteiger partial charge is 0.229 e. The molecule has 3 N–H and O–H groups in total. The van der Waals surface area contributed by atoms with E-state index < -0.39 is 11.0 Å². The number of nitrogens with zero attached hydrogens (tertiary/aromatic N) is 4. The number of hydrogen-bond acceptors (Lipinski definition) is 7. The van der Waals surface area contributed by atoms with E-state index in [0.717, 1.165) is 16.3 Å². The summed E-state index contributed by atoms with van der Waals surface area (Å²) in [7, 11) is 0.401. The van der Waals surface area contributed by atoms with Crippen molar-refractivity contribution in [3.8, 4) is 5.75 Å². The highest BCUT2D eigenvalue weighted by molar-refractivity contribution is 7.82. The molecule has 31 heavy (non-hydrogen) atoms. The second kappa shape index (κ2) is 9.32. The predicted molar refractivity (Wildman–Crippen MR) is 124 cm³/mol. The van der Waals surface area contributed by atoms with Gasteiger partial charge >= 0.3 is 0 Å². The number of ether oxygens (including phenoxy) is 1. The fraction of sp³-hybridized carbons (Fsp3) is 0.273. The summed E-state index contributed by atoms with van der Waals surface area (Å²) in [6, 6.07) is 17.1. The minimum absolute atomic E-state index is 0.406. The Labute approximate surface area is 184 Å². The molecule has 0 spiro atoms. The third kappa shape index (κ3) is 5.12. The molecule has 162 valence electrons. The summed E-state index contributed by atoms with van der Waals surface area (Å²) in [5.74, 6) is 2.38. The number of hydrogen-bond donors (Lipinski definition) is 2. The number of anilines is 4. The molecule has 1 unspecified atom stereocenters. The minimum atomic E-state index is -1.22. The maximum absolute atomic E-state index is 12.9. The quantitative estimate of drug-likeness (QED) is 0.611. The van der Waals surface area contributed by atoms with E-state index in [1.54, 1.807) is 13.2 Å². The zero-order valence-electron chi connectivity index (χ0n) is 17.6. The number of benzene rings is 2. The van der Waals surface area contributed by atoms with Crippen LogP contribution in [0.1, 0.15) is 5.56 Å². The van der Waals surface area contributed by atoms with E-state index >= 15 is 0 Å². The summed E-state index contributed by atoms with van der Waals surface area (Å²) in [5.41, 5.74) is 8.16. The first-order valence-corrected chi connectivity index (χ1v) is 11.2.